The van der Waals surface area contributed by atoms with Crippen LogP contribution >= 0.6 is 43.2 Å². The largest absolute Gasteiger partial charge is 0.481 e. The van der Waals surface area contributed by atoms with Crippen LogP contribution in [0.5, 0.6) is 0 Å². The zero-order valence-corrected chi connectivity index (χ0v) is 29.2. The number of hydrogen-bond donors (Lipinski definition) is 9. The first-order valence-corrected chi connectivity index (χ1v) is 19.3. The topological polar surface area (TPSA) is 249 Å². The SMILES string of the molecule is CCC(=O)[C@@H]1CSSC[C@H](N)C(O)N[C@@H](CC(=O)O)C(=O)N[C@H](C(C)=O)CSSC[C@H](NC(C)C)C(=O)NC([C@@H](C)O)C(=O)N1. The number of nitrogens with two attached hydrogens (primary N) is 1. The molecule has 3 amide bonds. The Kier molecular flexibility index (Phi) is 19.6. The normalized spacial score (nSPS) is 29.7. The van der Waals surface area contributed by atoms with E-state index in [1.807, 2.05) is 13.8 Å². The van der Waals surface area contributed by atoms with Crippen molar-refractivity contribution in [2.75, 3.05) is 23.0 Å². The number of ketones is 2. The fraction of sp³-hybridized carbons (Fsp3) is 0.769. The molecule has 1 fully saturated rings. The zero-order chi connectivity index (χ0) is 34.3. The van der Waals surface area contributed by atoms with Crippen LogP contribution in [0.15, 0.2) is 0 Å². The average Bonchev–Trinajstić information content (AvgIpc) is 2.95. The molecule has 1 aliphatic heterocycles. The average molecular weight is 715 g/mol. The lowest BCUT2D eigenvalue weighted by Gasteiger charge is -2.28. The van der Waals surface area contributed by atoms with Gasteiger partial charge in [0.1, 0.15) is 12.3 Å². The van der Waals surface area contributed by atoms with Gasteiger partial charge in [-0.15, -0.1) is 0 Å². The van der Waals surface area contributed by atoms with Gasteiger partial charge in [-0.2, -0.15) is 0 Å². The summed E-state index contributed by atoms with van der Waals surface area (Å²) in [5, 5.41) is 43.7. The Hall–Kier alpha value is -1.58. The van der Waals surface area contributed by atoms with Gasteiger partial charge in [0.25, 0.3) is 0 Å². The number of aliphatic carboxylic acids is 1. The number of carboxylic acids is 1. The Labute approximate surface area is 279 Å². The molecule has 0 bridgehead atoms. The molecule has 0 saturated carbocycles. The summed E-state index contributed by atoms with van der Waals surface area (Å²) in [5.41, 5.74) is 6.07. The molecule has 19 heteroatoms. The summed E-state index contributed by atoms with van der Waals surface area (Å²) in [4.78, 5) is 75.9. The van der Waals surface area contributed by atoms with E-state index in [4.69, 9.17) is 5.73 Å². The van der Waals surface area contributed by atoms with Crippen LogP contribution in [0.2, 0.25) is 0 Å². The van der Waals surface area contributed by atoms with E-state index in [1.54, 1.807) is 6.92 Å². The number of carbonyl (C=O) groups excluding carboxylic acids is 5. The number of aliphatic hydroxyl groups is 2. The van der Waals surface area contributed by atoms with Gasteiger partial charge in [0.15, 0.2) is 11.6 Å². The second-order valence-corrected chi connectivity index (χ2v) is 15.8. The number of Topliss-reactive ketones (excluding diaryl/α,β-unsaturated/α-hetero) is 2. The highest BCUT2D eigenvalue weighted by molar-refractivity contribution is 8.77. The lowest BCUT2D eigenvalue weighted by molar-refractivity contribution is -0.140. The maximum atomic E-state index is 13.3. The van der Waals surface area contributed by atoms with Gasteiger partial charge in [0, 0.05) is 35.5 Å². The summed E-state index contributed by atoms with van der Waals surface area (Å²) < 4.78 is 0. The van der Waals surface area contributed by atoms with E-state index in [2.05, 4.69) is 26.6 Å². The lowest BCUT2D eigenvalue weighted by Crippen LogP contribution is -2.59. The van der Waals surface area contributed by atoms with Crippen LogP contribution in [0.25, 0.3) is 0 Å². The van der Waals surface area contributed by atoms with Gasteiger partial charge in [-0.1, -0.05) is 63.9 Å². The highest BCUT2D eigenvalue weighted by Crippen LogP contribution is 2.25. The molecule has 45 heavy (non-hydrogen) atoms. The Balaban J connectivity index is 3.31. The number of rotatable bonds is 8. The van der Waals surface area contributed by atoms with Crippen LogP contribution in [0.3, 0.4) is 0 Å². The molecule has 1 saturated heterocycles. The molecule has 8 atom stereocenters. The van der Waals surface area contributed by atoms with Crippen molar-refractivity contribution in [3.8, 4) is 0 Å². The molecule has 10 N–H and O–H groups in total. The van der Waals surface area contributed by atoms with Gasteiger partial charge >= 0.3 is 5.97 Å². The van der Waals surface area contributed by atoms with E-state index in [0.717, 1.165) is 0 Å². The van der Waals surface area contributed by atoms with Crippen LogP contribution in [-0.4, -0.2) is 128 Å². The van der Waals surface area contributed by atoms with E-state index >= 15 is 0 Å². The standard InChI is InChI=1S/C26H46N6O9S4/c1-6-20(35)18-10-44-42-8-15(27)23(38)29-16(7-21(36)37)24(39)30-17(13(4)33)9-43-45-11-19(28-12(2)3)25(40)32-22(14(5)34)26(41)31-18/h12,14-19,22-23,28-29,34,38H,6-11,27H2,1-5H3,(H,30,39)(H,31,41)(H,32,40)(H,36,37)/t14-,15+,16+,17+,18+,19+,22?,23?/m1/s1. The molecular weight excluding hydrogens is 669 g/mol. The Bertz CT molecular complexity index is 1030. The van der Waals surface area contributed by atoms with Crippen LogP contribution in [0.4, 0.5) is 0 Å². The molecule has 0 aliphatic carbocycles. The summed E-state index contributed by atoms with van der Waals surface area (Å²) in [6, 6.07) is -6.57. The van der Waals surface area contributed by atoms with E-state index in [1.165, 1.54) is 57.0 Å². The minimum atomic E-state index is -1.49. The number of hydrogen-bond acceptors (Lipinski definition) is 15. The van der Waals surface area contributed by atoms with Gasteiger partial charge in [-0.3, -0.25) is 34.1 Å². The summed E-state index contributed by atoms with van der Waals surface area (Å²) >= 11 is 0. The summed E-state index contributed by atoms with van der Waals surface area (Å²) in [5.74, 6) is -3.58. The Morgan fingerprint density at radius 1 is 0.911 bits per heavy atom. The minimum Gasteiger partial charge on any atom is -0.481 e. The Morgan fingerprint density at radius 2 is 1.47 bits per heavy atom. The van der Waals surface area contributed by atoms with Crippen molar-refractivity contribution in [1.29, 1.82) is 0 Å². The molecule has 0 aromatic carbocycles. The molecular formula is C26H46N6O9S4. The second kappa shape index (κ2) is 21.3. The van der Waals surface area contributed by atoms with E-state index < -0.39 is 78.7 Å². The fourth-order valence-corrected chi connectivity index (χ4v) is 8.63. The third-order valence-electron chi connectivity index (χ3n) is 6.38. The minimum absolute atomic E-state index is 0.0863. The van der Waals surface area contributed by atoms with Crippen molar-refractivity contribution in [2.45, 2.75) is 102 Å². The smallest absolute Gasteiger partial charge is 0.305 e. The number of amides is 3. The van der Waals surface area contributed by atoms with Crippen LogP contribution in [0.1, 0.15) is 47.5 Å². The van der Waals surface area contributed by atoms with E-state index in [0.29, 0.717) is 0 Å². The van der Waals surface area contributed by atoms with Crippen molar-refractivity contribution in [3.05, 3.63) is 0 Å². The van der Waals surface area contributed by atoms with Crippen molar-refractivity contribution in [1.82, 2.24) is 26.6 Å². The van der Waals surface area contributed by atoms with Crippen molar-refractivity contribution in [3.63, 3.8) is 0 Å². The highest BCUT2D eigenvalue weighted by Gasteiger charge is 2.33. The van der Waals surface area contributed by atoms with Crippen LogP contribution in [-0.2, 0) is 28.8 Å². The third kappa shape index (κ3) is 15.7. The molecule has 1 heterocycles. The van der Waals surface area contributed by atoms with Gasteiger partial charge in [-0.05, 0) is 13.8 Å². The number of aliphatic hydroxyl groups excluding tert-OH is 2. The molecule has 15 nitrogen and oxygen atoms in total. The fourth-order valence-electron chi connectivity index (χ4n) is 3.81. The molecule has 0 spiro atoms. The molecule has 0 aromatic rings. The zero-order valence-electron chi connectivity index (χ0n) is 25.9. The maximum Gasteiger partial charge on any atom is 0.305 e. The summed E-state index contributed by atoms with van der Waals surface area (Å²) in [6.07, 6.45) is -3.33. The summed E-state index contributed by atoms with van der Waals surface area (Å²) in [6.45, 7) is 7.92. The van der Waals surface area contributed by atoms with Gasteiger partial charge in [0.05, 0.1) is 42.7 Å². The predicted molar refractivity (Wildman–Crippen MR) is 179 cm³/mol. The van der Waals surface area contributed by atoms with Crippen molar-refractivity contribution in [2.24, 2.45) is 5.73 Å². The maximum absolute atomic E-state index is 13.3. The molecule has 2 unspecified atom stereocenters. The van der Waals surface area contributed by atoms with Crippen molar-refractivity contribution >= 4 is 78.4 Å². The number of carboxylic acid groups (broad SMARTS) is 1. The predicted octanol–water partition coefficient (Wildman–Crippen LogP) is -1.39. The highest BCUT2D eigenvalue weighted by atomic mass is 33.1. The van der Waals surface area contributed by atoms with Gasteiger partial charge < -0.3 is 42.3 Å². The van der Waals surface area contributed by atoms with Gasteiger partial charge in [-0.25, -0.2) is 0 Å². The number of carbonyl (C=O) groups is 6. The Morgan fingerprint density at radius 3 is 2.00 bits per heavy atom. The molecule has 258 valence electrons. The van der Waals surface area contributed by atoms with E-state index in [-0.39, 0.29) is 47.0 Å². The first-order chi connectivity index (χ1) is 21.1. The molecule has 0 radical (unpaired) electrons. The monoisotopic (exact) mass is 714 g/mol. The molecule has 1 rings (SSSR count). The van der Waals surface area contributed by atoms with Crippen LogP contribution in [0, 0.1) is 0 Å². The number of nitrogens with one attached hydrogen (secondary N) is 5. The quantitative estimate of drug-likeness (QED) is 0.131. The van der Waals surface area contributed by atoms with Crippen LogP contribution < -0.4 is 32.3 Å². The first-order valence-electron chi connectivity index (χ1n) is 14.4. The molecule has 1 aliphatic rings. The second-order valence-electron chi connectivity index (χ2n) is 10.7. The van der Waals surface area contributed by atoms with Gasteiger partial charge in [0.2, 0.25) is 17.7 Å². The lowest BCUT2D eigenvalue weighted by atomic mass is 10.1. The summed E-state index contributed by atoms with van der Waals surface area (Å²) in [7, 11) is 4.78. The van der Waals surface area contributed by atoms with E-state index in [9.17, 15) is 44.1 Å². The molecule has 0 aromatic heterocycles. The van der Waals surface area contributed by atoms with Crippen molar-refractivity contribution < 1.29 is 44.1 Å². The third-order valence-corrected chi connectivity index (χ3v) is 11.3. The first kappa shape index (κ1) is 41.4.